The van der Waals surface area contributed by atoms with Crippen LogP contribution in [0.3, 0.4) is 0 Å². The molecule has 0 aliphatic rings. The molecule has 0 unspecified atom stereocenters. The first kappa shape index (κ1) is 9.17. The Morgan fingerprint density at radius 3 is 2.75 bits per heavy atom. The Kier molecular flexibility index (Phi) is 2.46. The van der Waals surface area contributed by atoms with Crippen molar-refractivity contribution < 1.29 is 13.3 Å². The van der Waals surface area contributed by atoms with Crippen LogP contribution >= 0.6 is 0 Å². The smallest absolute Gasteiger partial charge is 0.267 e. The molecule has 0 aliphatic carbocycles. The summed E-state index contributed by atoms with van der Waals surface area (Å²) in [5.41, 5.74) is 0. The van der Waals surface area contributed by atoms with E-state index in [1.54, 1.807) is 0 Å². The van der Waals surface area contributed by atoms with E-state index in [0.717, 1.165) is 4.47 Å². The molecule has 6 nitrogen and oxygen atoms in total. The molecule has 7 heteroatoms. The first-order valence-electron chi connectivity index (χ1n) is 3.11. The van der Waals surface area contributed by atoms with Crippen molar-refractivity contribution in [2.75, 3.05) is 14.2 Å². The number of sulfonamides is 1. The summed E-state index contributed by atoms with van der Waals surface area (Å²) in [7, 11) is -0.945. The van der Waals surface area contributed by atoms with Gasteiger partial charge in [-0.05, 0) is 0 Å². The van der Waals surface area contributed by atoms with Crippen molar-refractivity contribution in [3.8, 4) is 0 Å². The second kappa shape index (κ2) is 3.21. The molecule has 1 aromatic rings. The summed E-state index contributed by atoms with van der Waals surface area (Å²) in [5.74, 6) is 0. The summed E-state index contributed by atoms with van der Waals surface area (Å²) in [5, 5.41) is 5.92. The molecule has 0 fully saturated rings. The highest BCUT2D eigenvalue weighted by Crippen LogP contribution is 2.10. The van der Waals surface area contributed by atoms with Gasteiger partial charge in [0.25, 0.3) is 10.0 Å². The molecule has 12 heavy (non-hydrogen) atoms. The summed E-state index contributed by atoms with van der Waals surface area (Å²) >= 11 is 0. The lowest BCUT2D eigenvalue weighted by Crippen LogP contribution is -2.25. The Hall–Kier alpha value is -0.920. The maximum absolute atomic E-state index is 11.4. The lowest BCUT2D eigenvalue weighted by atomic mass is 10.7. The van der Waals surface area contributed by atoms with Gasteiger partial charge < -0.3 is 0 Å². The minimum Gasteiger partial charge on any atom is -0.288 e. The zero-order valence-electron chi connectivity index (χ0n) is 6.68. The van der Waals surface area contributed by atoms with Crippen molar-refractivity contribution in [1.82, 2.24) is 14.7 Å². The van der Waals surface area contributed by atoms with Gasteiger partial charge in [-0.15, -0.1) is 0 Å². The van der Waals surface area contributed by atoms with Crippen LogP contribution in [0.5, 0.6) is 0 Å². The van der Waals surface area contributed by atoms with E-state index in [1.807, 2.05) is 0 Å². The SMILES string of the molecule is CON(C)S(=O)(=O)c1cn[nH]c1. The molecule has 0 bridgehead atoms. The molecular formula is C5H9N3O3S. The van der Waals surface area contributed by atoms with Gasteiger partial charge in [-0.1, -0.05) is 4.47 Å². The normalized spacial score (nSPS) is 12.2. The van der Waals surface area contributed by atoms with Gasteiger partial charge in [0, 0.05) is 13.2 Å². The molecule has 0 amide bonds. The first-order valence-corrected chi connectivity index (χ1v) is 4.55. The highest BCUT2D eigenvalue weighted by Gasteiger charge is 2.21. The average Bonchev–Trinajstić information content (AvgIpc) is 2.55. The summed E-state index contributed by atoms with van der Waals surface area (Å²) in [4.78, 5) is 4.62. The Morgan fingerprint density at radius 1 is 1.67 bits per heavy atom. The van der Waals surface area contributed by atoms with Gasteiger partial charge in [0.05, 0.1) is 13.3 Å². The molecule has 0 spiro atoms. The van der Waals surface area contributed by atoms with Crippen LogP contribution in [-0.2, 0) is 14.9 Å². The van der Waals surface area contributed by atoms with E-state index in [-0.39, 0.29) is 4.90 Å². The Morgan fingerprint density at radius 2 is 2.33 bits per heavy atom. The van der Waals surface area contributed by atoms with Gasteiger partial charge in [0.1, 0.15) is 4.90 Å². The number of H-pyrrole nitrogens is 1. The van der Waals surface area contributed by atoms with E-state index in [1.165, 1.54) is 26.6 Å². The third-order valence-corrected chi connectivity index (χ3v) is 3.01. The minimum absolute atomic E-state index is 0.0758. The Labute approximate surface area is 70.1 Å². The number of hydrogen-bond acceptors (Lipinski definition) is 4. The van der Waals surface area contributed by atoms with E-state index in [9.17, 15) is 8.42 Å². The summed E-state index contributed by atoms with van der Waals surface area (Å²) < 4.78 is 23.5. The molecule has 0 saturated carbocycles. The second-order valence-corrected chi connectivity index (χ2v) is 3.97. The average molecular weight is 191 g/mol. The fraction of sp³-hybridized carbons (Fsp3) is 0.400. The van der Waals surface area contributed by atoms with E-state index in [2.05, 4.69) is 15.0 Å². The van der Waals surface area contributed by atoms with E-state index in [4.69, 9.17) is 0 Å². The molecule has 68 valence electrons. The third-order valence-electron chi connectivity index (χ3n) is 1.37. The van der Waals surface area contributed by atoms with E-state index >= 15 is 0 Å². The molecule has 0 atom stereocenters. The first-order chi connectivity index (χ1) is 5.59. The zero-order chi connectivity index (χ0) is 9.19. The third kappa shape index (κ3) is 1.47. The van der Waals surface area contributed by atoms with Crippen LogP contribution in [0.25, 0.3) is 0 Å². The summed E-state index contributed by atoms with van der Waals surface area (Å²) in [6.07, 6.45) is 2.50. The van der Waals surface area contributed by atoms with Crippen molar-refractivity contribution in [2.45, 2.75) is 4.90 Å². The van der Waals surface area contributed by atoms with Gasteiger partial charge in [0.2, 0.25) is 0 Å². The molecule has 0 aliphatic heterocycles. The van der Waals surface area contributed by atoms with Crippen molar-refractivity contribution in [3.05, 3.63) is 12.4 Å². The van der Waals surface area contributed by atoms with Crippen molar-refractivity contribution >= 4 is 10.0 Å². The fourth-order valence-corrected chi connectivity index (χ4v) is 1.51. The molecule has 1 rings (SSSR count). The monoisotopic (exact) mass is 191 g/mol. The summed E-state index contributed by atoms with van der Waals surface area (Å²) in [6, 6.07) is 0. The lowest BCUT2D eigenvalue weighted by Gasteiger charge is -2.11. The topological polar surface area (TPSA) is 75.3 Å². The predicted octanol–water partition coefficient (Wildman–Crippen LogP) is -0.408. The van der Waals surface area contributed by atoms with Crippen LogP contribution in [0.2, 0.25) is 0 Å². The highest BCUT2D eigenvalue weighted by molar-refractivity contribution is 7.89. The van der Waals surface area contributed by atoms with Crippen molar-refractivity contribution in [1.29, 1.82) is 0 Å². The van der Waals surface area contributed by atoms with Crippen LogP contribution in [0.15, 0.2) is 17.3 Å². The van der Waals surface area contributed by atoms with Crippen LogP contribution in [0, 0.1) is 0 Å². The van der Waals surface area contributed by atoms with Crippen LogP contribution in [-0.4, -0.2) is 37.2 Å². The second-order valence-electron chi connectivity index (χ2n) is 2.03. The quantitative estimate of drug-likeness (QED) is 0.659. The van der Waals surface area contributed by atoms with Gasteiger partial charge in [-0.2, -0.15) is 5.10 Å². The number of aromatic nitrogens is 2. The molecular weight excluding hydrogens is 182 g/mol. The number of rotatable bonds is 3. The zero-order valence-corrected chi connectivity index (χ0v) is 7.50. The molecule has 1 heterocycles. The molecule has 0 saturated heterocycles. The van der Waals surface area contributed by atoms with Crippen LogP contribution < -0.4 is 0 Å². The molecule has 0 aromatic carbocycles. The van der Waals surface area contributed by atoms with Crippen LogP contribution in [0.1, 0.15) is 0 Å². The van der Waals surface area contributed by atoms with Gasteiger partial charge >= 0.3 is 0 Å². The van der Waals surface area contributed by atoms with E-state index < -0.39 is 10.0 Å². The number of nitrogens with zero attached hydrogens (tertiary/aromatic N) is 2. The van der Waals surface area contributed by atoms with Gasteiger partial charge in [-0.3, -0.25) is 9.94 Å². The highest BCUT2D eigenvalue weighted by atomic mass is 32.2. The number of nitrogens with one attached hydrogen (secondary N) is 1. The molecule has 1 aromatic heterocycles. The number of hydroxylamine groups is 1. The lowest BCUT2D eigenvalue weighted by molar-refractivity contribution is -0.0258. The predicted molar refractivity (Wildman–Crippen MR) is 40.5 cm³/mol. The van der Waals surface area contributed by atoms with Crippen LogP contribution in [0.4, 0.5) is 0 Å². The minimum atomic E-state index is -3.53. The van der Waals surface area contributed by atoms with Gasteiger partial charge in [-0.25, -0.2) is 8.42 Å². The Bertz CT molecular complexity index is 331. The molecule has 0 radical (unpaired) electrons. The van der Waals surface area contributed by atoms with Gasteiger partial charge in [0.15, 0.2) is 0 Å². The number of hydrogen-bond donors (Lipinski definition) is 1. The standard InChI is InChI=1S/C5H9N3O3S/c1-8(11-2)12(9,10)5-3-6-7-4-5/h3-4H,1-2H3,(H,6,7). The maximum atomic E-state index is 11.4. The van der Waals surface area contributed by atoms with Crippen molar-refractivity contribution in [2.24, 2.45) is 0 Å². The Balaban J connectivity index is 3.03. The summed E-state index contributed by atoms with van der Waals surface area (Å²) in [6.45, 7) is 0. The van der Waals surface area contributed by atoms with Crippen molar-refractivity contribution in [3.63, 3.8) is 0 Å². The largest absolute Gasteiger partial charge is 0.288 e. The number of aromatic amines is 1. The molecule has 1 N–H and O–H groups in total. The fourth-order valence-electron chi connectivity index (χ4n) is 0.627. The maximum Gasteiger partial charge on any atom is 0.267 e. The van der Waals surface area contributed by atoms with E-state index in [0.29, 0.717) is 0 Å².